The topological polar surface area (TPSA) is 54.5 Å². The average Bonchev–Trinajstić information content (AvgIpc) is 2.44. The fourth-order valence-electron chi connectivity index (χ4n) is 1.93. The zero-order chi connectivity index (χ0) is 13.5. The minimum atomic E-state index is 0.193. The molecule has 1 aromatic heterocycles. The number of rotatable bonds is 5. The number of pyridine rings is 1. The molecule has 0 spiro atoms. The Bertz CT molecular complexity index is 422. The van der Waals surface area contributed by atoms with Crippen molar-refractivity contribution in [3.8, 4) is 0 Å². The van der Waals surface area contributed by atoms with Gasteiger partial charge in [0.15, 0.2) is 0 Å². The molecule has 0 aromatic carbocycles. The van der Waals surface area contributed by atoms with Crippen LogP contribution in [0.4, 0.5) is 0 Å². The molecule has 2 heterocycles. The average molecular weight is 328 g/mol. The summed E-state index contributed by atoms with van der Waals surface area (Å²) in [5.74, 6) is 0.193. The van der Waals surface area contributed by atoms with Crippen LogP contribution in [0.2, 0.25) is 0 Å². The highest BCUT2D eigenvalue weighted by atomic mass is 79.9. The second-order valence-corrected chi connectivity index (χ2v) is 5.18. The lowest BCUT2D eigenvalue weighted by Crippen LogP contribution is -2.41. The molecule has 104 valence electrons. The number of ether oxygens (including phenoxy) is 1. The van der Waals surface area contributed by atoms with E-state index in [4.69, 9.17) is 4.74 Å². The lowest BCUT2D eigenvalue weighted by Gasteiger charge is -2.26. The van der Waals surface area contributed by atoms with Crippen LogP contribution in [0, 0.1) is 0 Å². The van der Waals surface area contributed by atoms with Crippen molar-refractivity contribution < 1.29 is 9.53 Å². The van der Waals surface area contributed by atoms with Crippen LogP contribution in [0.5, 0.6) is 0 Å². The monoisotopic (exact) mass is 327 g/mol. The van der Waals surface area contributed by atoms with Gasteiger partial charge in [0.2, 0.25) is 5.91 Å². The van der Waals surface area contributed by atoms with E-state index in [0.717, 1.165) is 10.3 Å². The normalized spacial score (nSPS) is 15.5. The maximum absolute atomic E-state index is 11.9. The zero-order valence-corrected chi connectivity index (χ0v) is 12.4. The van der Waals surface area contributed by atoms with Crippen LogP contribution < -0.4 is 5.32 Å². The Labute approximate surface area is 121 Å². The molecule has 2 rings (SSSR count). The van der Waals surface area contributed by atoms with E-state index < -0.39 is 0 Å². The van der Waals surface area contributed by atoms with Crippen molar-refractivity contribution in [2.45, 2.75) is 13.0 Å². The van der Waals surface area contributed by atoms with E-state index in [9.17, 15) is 4.79 Å². The summed E-state index contributed by atoms with van der Waals surface area (Å²) in [5, 5.41) is 3.24. The Morgan fingerprint density at radius 1 is 1.42 bits per heavy atom. The van der Waals surface area contributed by atoms with Gasteiger partial charge in [-0.3, -0.25) is 4.79 Å². The second kappa shape index (κ2) is 7.57. The predicted octanol–water partition coefficient (Wildman–Crippen LogP) is 1.18. The number of hydrogen-bond donors (Lipinski definition) is 1. The molecule has 1 aliphatic rings. The maximum atomic E-state index is 11.9. The van der Waals surface area contributed by atoms with Gasteiger partial charge < -0.3 is 15.0 Å². The Hall–Kier alpha value is -0.980. The van der Waals surface area contributed by atoms with E-state index in [2.05, 4.69) is 26.2 Å². The van der Waals surface area contributed by atoms with Gasteiger partial charge in [-0.15, -0.1) is 0 Å². The number of aromatic nitrogens is 1. The van der Waals surface area contributed by atoms with Crippen molar-refractivity contribution in [3.63, 3.8) is 0 Å². The van der Waals surface area contributed by atoms with E-state index in [-0.39, 0.29) is 5.91 Å². The van der Waals surface area contributed by atoms with Crippen molar-refractivity contribution >= 4 is 21.8 Å². The van der Waals surface area contributed by atoms with E-state index in [1.54, 1.807) is 0 Å². The molecule has 1 aromatic rings. The van der Waals surface area contributed by atoms with Gasteiger partial charge in [-0.2, -0.15) is 0 Å². The van der Waals surface area contributed by atoms with E-state index in [1.165, 1.54) is 0 Å². The highest BCUT2D eigenvalue weighted by Crippen LogP contribution is 2.06. The van der Waals surface area contributed by atoms with Crippen LogP contribution in [-0.2, 0) is 16.1 Å². The molecule has 19 heavy (non-hydrogen) atoms. The van der Waals surface area contributed by atoms with Crippen LogP contribution in [0.1, 0.15) is 12.1 Å². The van der Waals surface area contributed by atoms with Crippen molar-refractivity contribution in [2.24, 2.45) is 0 Å². The third-order valence-electron chi connectivity index (χ3n) is 2.96. The number of carbonyl (C=O) groups is 1. The third kappa shape index (κ3) is 4.89. The van der Waals surface area contributed by atoms with Crippen LogP contribution >= 0.6 is 15.9 Å². The molecule has 0 saturated carbocycles. The van der Waals surface area contributed by atoms with Crippen molar-refractivity contribution in [3.05, 3.63) is 28.5 Å². The number of nitrogens with zero attached hydrogens (tertiary/aromatic N) is 2. The van der Waals surface area contributed by atoms with Crippen molar-refractivity contribution in [2.75, 3.05) is 32.8 Å². The first kappa shape index (κ1) is 14.4. The summed E-state index contributed by atoms with van der Waals surface area (Å²) in [5.41, 5.74) is 0.966. The fraction of sp³-hybridized carbons (Fsp3) is 0.538. The Kier molecular flexibility index (Phi) is 5.75. The molecule has 0 bridgehead atoms. The second-order valence-electron chi connectivity index (χ2n) is 4.37. The zero-order valence-electron chi connectivity index (χ0n) is 10.8. The summed E-state index contributed by atoms with van der Waals surface area (Å²) in [6.07, 6.45) is 0.522. The van der Waals surface area contributed by atoms with E-state index in [0.29, 0.717) is 45.8 Å². The number of morpholine rings is 1. The predicted molar refractivity (Wildman–Crippen MR) is 75.7 cm³/mol. The molecule has 1 saturated heterocycles. The van der Waals surface area contributed by atoms with Crippen LogP contribution in [0.15, 0.2) is 22.8 Å². The SMILES string of the molecule is O=C(CCNCc1cccc(Br)n1)N1CCOCC1. The van der Waals surface area contributed by atoms with Gasteiger partial charge in [-0.1, -0.05) is 6.07 Å². The van der Waals surface area contributed by atoms with Gasteiger partial charge in [0.1, 0.15) is 4.60 Å². The highest BCUT2D eigenvalue weighted by Gasteiger charge is 2.15. The van der Waals surface area contributed by atoms with E-state index in [1.807, 2.05) is 23.1 Å². The van der Waals surface area contributed by atoms with Gasteiger partial charge in [-0.05, 0) is 28.1 Å². The highest BCUT2D eigenvalue weighted by molar-refractivity contribution is 9.10. The standard InChI is InChI=1S/C13H18BrN3O2/c14-12-3-1-2-11(16-12)10-15-5-4-13(18)17-6-8-19-9-7-17/h1-3,15H,4-10H2. The largest absolute Gasteiger partial charge is 0.378 e. The third-order valence-corrected chi connectivity index (χ3v) is 3.40. The number of carbonyl (C=O) groups excluding carboxylic acids is 1. The summed E-state index contributed by atoms with van der Waals surface area (Å²) in [7, 11) is 0. The molecule has 5 nitrogen and oxygen atoms in total. The summed E-state index contributed by atoms with van der Waals surface area (Å²) < 4.78 is 6.05. The Balaban J connectivity index is 1.65. The molecule has 1 aliphatic heterocycles. The molecule has 1 amide bonds. The molecule has 6 heteroatoms. The summed E-state index contributed by atoms with van der Waals surface area (Å²) in [4.78, 5) is 18.1. The maximum Gasteiger partial charge on any atom is 0.224 e. The van der Waals surface area contributed by atoms with Crippen molar-refractivity contribution in [1.82, 2.24) is 15.2 Å². The van der Waals surface area contributed by atoms with Gasteiger partial charge in [-0.25, -0.2) is 4.98 Å². The lowest BCUT2D eigenvalue weighted by atomic mass is 10.3. The summed E-state index contributed by atoms with van der Waals surface area (Å²) in [6.45, 7) is 4.08. The van der Waals surface area contributed by atoms with E-state index >= 15 is 0 Å². The van der Waals surface area contributed by atoms with Gasteiger partial charge in [0, 0.05) is 32.6 Å². The molecule has 1 fully saturated rings. The summed E-state index contributed by atoms with van der Waals surface area (Å²) in [6, 6.07) is 5.81. The minimum Gasteiger partial charge on any atom is -0.378 e. The quantitative estimate of drug-likeness (QED) is 0.652. The molecule has 0 atom stereocenters. The molecule has 0 radical (unpaired) electrons. The Morgan fingerprint density at radius 3 is 2.95 bits per heavy atom. The molecule has 1 N–H and O–H groups in total. The molecule has 0 aliphatic carbocycles. The molecular weight excluding hydrogens is 310 g/mol. The number of nitrogens with one attached hydrogen (secondary N) is 1. The number of amides is 1. The minimum absolute atomic E-state index is 0.193. The first-order valence-electron chi connectivity index (χ1n) is 6.43. The van der Waals surface area contributed by atoms with Gasteiger partial charge >= 0.3 is 0 Å². The van der Waals surface area contributed by atoms with Crippen LogP contribution in [-0.4, -0.2) is 48.6 Å². The summed E-state index contributed by atoms with van der Waals surface area (Å²) >= 11 is 3.33. The van der Waals surface area contributed by atoms with Crippen LogP contribution in [0.25, 0.3) is 0 Å². The Morgan fingerprint density at radius 2 is 2.21 bits per heavy atom. The van der Waals surface area contributed by atoms with Crippen LogP contribution in [0.3, 0.4) is 0 Å². The fourth-order valence-corrected chi connectivity index (χ4v) is 2.31. The lowest BCUT2D eigenvalue weighted by molar-refractivity contribution is -0.135. The van der Waals surface area contributed by atoms with Gasteiger partial charge in [0.25, 0.3) is 0 Å². The first-order chi connectivity index (χ1) is 9.25. The first-order valence-corrected chi connectivity index (χ1v) is 7.22. The van der Waals surface area contributed by atoms with Gasteiger partial charge in [0.05, 0.1) is 18.9 Å². The van der Waals surface area contributed by atoms with Crippen molar-refractivity contribution in [1.29, 1.82) is 0 Å². The molecular formula is C13H18BrN3O2. The number of hydrogen-bond acceptors (Lipinski definition) is 4. The number of halogens is 1. The molecule has 0 unspecified atom stereocenters. The smallest absolute Gasteiger partial charge is 0.224 e.